The second-order valence-corrected chi connectivity index (χ2v) is 16.3. The van der Waals surface area contributed by atoms with Crippen LogP contribution in [0.3, 0.4) is 0 Å². The normalized spacial score (nSPS) is 24.3. The number of anilines is 1. The summed E-state index contributed by atoms with van der Waals surface area (Å²) >= 11 is 0. The first-order valence-electron chi connectivity index (χ1n) is 10.2. The van der Waals surface area contributed by atoms with Gasteiger partial charge in [0.05, 0.1) is 12.9 Å². The number of aliphatic hydroxyl groups is 2. The number of imidazole rings is 1. The maximum atomic E-state index is 11.8. The number of nitrogen functional groups attached to an aromatic ring is 1. The molecule has 2 aromatic rings. The third-order valence-electron chi connectivity index (χ3n) is 4.24. The van der Waals surface area contributed by atoms with E-state index in [1.807, 2.05) is 0 Å². The van der Waals surface area contributed by atoms with Crippen LogP contribution in [-0.4, -0.2) is 98.7 Å². The van der Waals surface area contributed by atoms with Crippen LogP contribution in [0, 0.1) is 0 Å². The number of phosphoric acid groups is 6. The summed E-state index contributed by atoms with van der Waals surface area (Å²) in [6, 6.07) is 0. The molecule has 0 amide bonds. The van der Waals surface area contributed by atoms with Gasteiger partial charge in [0.1, 0.15) is 30.2 Å². The van der Waals surface area contributed by atoms with Gasteiger partial charge in [-0.2, -0.15) is 17.2 Å². The summed E-state index contributed by atoms with van der Waals surface area (Å²) in [7, 11) is -32.8. The predicted octanol–water partition coefficient (Wildman–Crippen LogP) is -2.32. The van der Waals surface area contributed by atoms with E-state index in [1.54, 1.807) is 0 Å². The average Bonchev–Trinajstić information content (AvgIpc) is 3.29. The summed E-state index contributed by atoms with van der Waals surface area (Å²) < 4.78 is 88.3. The van der Waals surface area contributed by atoms with Crippen molar-refractivity contribution in [3.05, 3.63) is 12.7 Å². The largest absolute Gasteiger partial charge is 0.490 e. The Hall–Kier alpha value is -0.950. The van der Waals surface area contributed by atoms with Crippen LogP contribution in [0.2, 0.25) is 0 Å². The van der Waals surface area contributed by atoms with Gasteiger partial charge in [-0.05, 0) is 0 Å². The first-order valence-corrected chi connectivity index (χ1v) is 19.3. The van der Waals surface area contributed by atoms with Gasteiger partial charge in [-0.3, -0.25) is 9.09 Å². The Kier molecular flexibility index (Phi) is 12.5. The highest BCUT2D eigenvalue weighted by Gasteiger charge is 2.47. The van der Waals surface area contributed by atoms with Crippen molar-refractivity contribution in [2.75, 3.05) is 12.3 Å². The molecule has 0 aromatic carbocycles. The van der Waals surface area contributed by atoms with Gasteiger partial charge in [0.15, 0.2) is 17.7 Å². The van der Waals surface area contributed by atoms with Crippen LogP contribution >= 0.6 is 46.9 Å². The van der Waals surface area contributed by atoms with E-state index < -0.39 is 78.1 Å². The van der Waals surface area contributed by atoms with Crippen LogP contribution in [0.15, 0.2) is 12.7 Å². The number of ether oxygens (including phenoxy) is 1. The Labute approximate surface area is 241 Å². The highest BCUT2D eigenvalue weighted by atomic mass is 31.3. The monoisotopic (exact) mass is 765 g/mol. The van der Waals surface area contributed by atoms with Crippen LogP contribution in [0.1, 0.15) is 6.23 Å². The summed E-state index contributed by atoms with van der Waals surface area (Å²) in [4.78, 5) is 87.4. The number of hydrogen-bond donors (Lipinski definition) is 12. The summed E-state index contributed by atoms with van der Waals surface area (Å²) in [5.74, 6) is 0.0426. The number of nitrogens with zero attached hydrogens (tertiary/aromatic N) is 4. The van der Waals surface area contributed by atoms with Gasteiger partial charge in [0, 0.05) is 0 Å². The molecule has 6 atom stereocenters. The van der Waals surface area contributed by atoms with Gasteiger partial charge in [-0.15, -0.1) is 0 Å². The quantitative estimate of drug-likeness (QED) is 0.101. The molecule has 3 heterocycles. The zero-order valence-electron chi connectivity index (χ0n) is 20.5. The molecule has 0 saturated carbocycles. The molecule has 1 aliphatic heterocycles. The Balaban J connectivity index is 0.000000439. The lowest BCUT2D eigenvalue weighted by molar-refractivity contribution is -0.0503. The molecule has 34 heteroatoms. The molecule has 13 N–H and O–H groups in total. The molecular weight excluding hydrogens is 744 g/mol. The number of fused-ring (bicyclic) bond motifs is 1. The lowest BCUT2D eigenvalue weighted by Gasteiger charge is -2.19. The molecule has 0 bridgehead atoms. The van der Waals surface area contributed by atoms with Crippen LogP contribution in [0.5, 0.6) is 0 Å². The smallest absolute Gasteiger partial charge is 0.387 e. The Bertz CT molecular complexity index is 1590. The molecule has 0 aliphatic carbocycles. The van der Waals surface area contributed by atoms with Crippen LogP contribution in [-0.2, 0) is 53.9 Å². The van der Waals surface area contributed by atoms with Crippen molar-refractivity contribution in [2.45, 2.75) is 24.5 Å². The third-order valence-corrected chi connectivity index (χ3v) is 11.4. The first-order chi connectivity index (χ1) is 19.6. The molecular formula is C10H21N5O23P6. The lowest BCUT2D eigenvalue weighted by atomic mass is 10.1. The van der Waals surface area contributed by atoms with Crippen molar-refractivity contribution in [2.24, 2.45) is 0 Å². The fourth-order valence-electron chi connectivity index (χ4n) is 2.91. The van der Waals surface area contributed by atoms with Gasteiger partial charge < -0.3 is 64.7 Å². The maximum Gasteiger partial charge on any atom is 0.490 e. The van der Waals surface area contributed by atoms with Gasteiger partial charge in [-0.1, -0.05) is 0 Å². The van der Waals surface area contributed by atoms with Crippen LogP contribution in [0.4, 0.5) is 5.82 Å². The summed E-state index contributed by atoms with van der Waals surface area (Å²) in [5, 5.41) is 20.4. The molecule has 1 fully saturated rings. The number of rotatable bonds is 12. The van der Waals surface area contributed by atoms with Crippen molar-refractivity contribution in [1.82, 2.24) is 19.5 Å². The van der Waals surface area contributed by atoms with E-state index in [0.29, 0.717) is 0 Å². The van der Waals surface area contributed by atoms with Crippen molar-refractivity contribution in [1.29, 1.82) is 0 Å². The van der Waals surface area contributed by atoms with Gasteiger partial charge in [0.25, 0.3) is 0 Å². The highest BCUT2D eigenvalue weighted by molar-refractivity contribution is 7.67. The van der Waals surface area contributed by atoms with Crippen molar-refractivity contribution in [3.8, 4) is 0 Å². The Morgan fingerprint density at radius 1 is 0.727 bits per heavy atom. The van der Waals surface area contributed by atoms with E-state index in [9.17, 15) is 42.5 Å². The standard InChI is InChI=1S/C10H16N5O13P3.H5O10P3/c11-8-5-9(13-2-12-8)15(3-14-5)10-7(17)6(16)4(26-10)1-25-30(21,22)28-31(23,24)27-29(18,19)20;1-11(2,3)9-13(7,8)10-12(4,5)6/h2-4,6-7,10,16-17H,1H2,(H,21,22)(H,23,24)(H2,11,12,13)(H2,18,19,20);(H,7,8)(H2,1,2,3)(H2,4,5,6)/t4-,6-,7-,10-;/m1./s1. The summed E-state index contributed by atoms with van der Waals surface area (Å²) in [6.45, 7) is -0.956. The van der Waals surface area contributed by atoms with Crippen LogP contribution in [0.25, 0.3) is 11.2 Å². The van der Waals surface area contributed by atoms with E-state index in [-0.39, 0.29) is 17.0 Å². The Morgan fingerprint density at radius 3 is 1.68 bits per heavy atom. The minimum absolute atomic E-state index is 0.0426. The molecule has 2 unspecified atom stereocenters. The Morgan fingerprint density at radius 2 is 1.20 bits per heavy atom. The predicted molar refractivity (Wildman–Crippen MR) is 132 cm³/mol. The molecule has 28 nitrogen and oxygen atoms in total. The van der Waals surface area contributed by atoms with Gasteiger partial charge in [-0.25, -0.2) is 42.3 Å². The third kappa shape index (κ3) is 12.7. The van der Waals surface area contributed by atoms with Crippen molar-refractivity contribution >= 4 is 63.9 Å². The number of aromatic nitrogens is 4. The molecule has 254 valence electrons. The SMILES string of the molecule is Nc1ncnc2c1ncn2[C@@H]1O[C@H](COP(=O)(O)OP(=O)(O)OP(=O)(O)O)[C@@H](O)[C@H]1O.O=P(O)(O)OP(=O)(O)OP(=O)(O)O. The minimum Gasteiger partial charge on any atom is -0.387 e. The average molecular weight is 765 g/mol. The van der Waals surface area contributed by atoms with Crippen molar-refractivity contribution < 1.29 is 108 Å². The van der Waals surface area contributed by atoms with Crippen molar-refractivity contribution in [3.63, 3.8) is 0 Å². The molecule has 2 aromatic heterocycles. The zero-order chi connectivity index (χ0) is 34.1. The molecule has 1 saturated heterocycles. The van der Waals surface area contributed by atoms with E-state index in [0.717, 1.165) is 6.33 Å². The van der Waals surface area contributed by atoms with Gasteiger partial charge in [0.2, 0.25) is 0 Å². The summed E-state index contributed by atoms with van der Waals surface area (Å²) in [5.41, 5.74) is 6.00. The molecule has 3 rings (SSSR count). The second kappa shape index (κ2) is 14.0. The fourth-order valence-corrected chi connectivity index (χ4v) is 8.48. The van der Waals surface area contributed by atoms with E-state index in [1.165, 1.54) is 10.9 Å². The number of nitrogens with two attached hydrogens (primary N) is 1. The fraction of sp³-hybridized carbons (Fsp3) is 0.500. The van der Waals surface area contributed by atoms with E-state index in [2.05, 4.69) is 36.7 Å². The molecule has 44 heavy (non-hydrogen) atoms. The number of aliphatic hydroxyl groups excluding tert-OH is 2. The molecule has 1 aliphatic rings. The van der Waals surface area contributed by atoms with Gasteiger partial charge >= 0.3 is 46.9 Å². The summed E-state index contributed by atoms with van der Waals surface area (Å²) in [6.07, 6.45) is -3.69. The van der Waals surface area contributed by atoms with E-state index in [4.69, 9.17) is 49.6 Å². The lowest BCUT2D eigenvalue weighted by Crippen LogP contribution is -2.33. The highest BCUT2D eigenvalue weighted by Crippen LogP contribution is 2.66. The van der Waals surface area contributed by atoms with E-state index >= 15 is 0 Å². The zero-order valence-corrected chi connectivity index (χ0v) is 25.9. The number of phosphoric ester groups is 1. The second-order valence-electron chi connectivity index (χ2n) is 7.63. The number of hydrogen-bond acceptors (Lipinski definition) is 18. The first kappa shape index (κ1) is 39.2. The van der Waals surface area contributed by atoms with Crippen LogP contribution < -0.4 is 5.73 Å². The minimum atomic E-state index is -5.70. The maximum absolute atomic E-state index is 11.8. The molecule has 0 spiro atoms. The molecule has 0 radical (unpaired) electrons. The topological polar surface area (TPSA) is 450 Å².